The minimum absolute atomic E-state index is 0.606. The van der Waals surface area contributed by atoms with Crippen LogP contribution < -0.4 is 4.72 Å². The van der Waals surface area contributed by atoms with Gasteiger partial charge in [0.2, 0.25) is 0 Å². The Bertz CT molecular complexity index is 90.2. The van der Waals surface area contributed by atoms with Crippen LogP contribution >= 0.6 is 10.8 Å². The quantitative estimate of drug-likeness (QED) is 0.599. The first-order valence-electron chi connectivity index (χ1n) is 3.39. The molecule has 4 heteroatoms. The van der Waals surface area contributed by atoms with Gasteiger partial charge in [-0.25, -0.2) is 4.72 Å². The van der Waals surface area contributed by atoms with Gasteiger partial charge in [0.25, 0.3) is 0 Å². The van der Waals surface area contributed by atoms with Gasteiger partial charge in [-0.05, 0) is 12.3 Å². The highest BCUT2D eigenvalue weighted by atomic mass is 32.3. The summed E-state index contributed by atoms with van der Waals surface area (Å²) in [5.41, 5.74) is 0. The zero-order chi connectivity index (χ0) is 8.20. The third kappa shape index (κ3) is 8.23. The van der Waals surface area contributed by atoms with E-state index in [4.69, 9.17) is 9.11 Å². The molecular formula is C6H17NO2S. The maximum Gasteiger partial charge on any atom is 0.0416 e. The van der Waals surface area contributed by atoms with Crippen LogP contribution in [-0.4, -0.2) is 21.9 Å². The fourth-order valence-corrected chi connectivity index (χ4v) is 1.05. The van der Waals surface area contributed by atoms with Crippen LogP contribution in [0.1, 0.15) is 20.3 Å². The summed E-state index contributed by atoms with van der Waals surface area (Å²) in [5.74, 6) is 0.606. The maximum atomic E-state index is 8.86. The van der Waals surface area contributed by atoms with E-state index in [9.17, 15) is 0 Å². The zero-order valence-electron chi connectivity index (χ0n) is 6.79. The maximum absolute atomic E-state index is 8.86. The highest BCUT2D eigenvalue weighted by Crippen LogP contribution is 2.26. The van der Waals surface area contributed by atoms with E-state index in [0.29, 0.717) is 12.5 Å². The molecule has 0 saturated carbocycles. The molecule has 0 amide bonds. The minimum atomic E-state index is -2.47. The van der Waals surface area contributed by atoms with Crippen molar-refractivity contribution in [3.63, 3.8) is 0 Å². The number of hydrogen-bond donors (Lipinski definition) is 3. The van der Waals surface area contributed by atoms with Gasteiger partial charge < -0.3 is 0 Å². The fourth-order valence-electron chi connectivity index (χ4n) is 0.541. The number of hydrogen-bond acceptors (Lipinski definition) is 3. The molecule has 3 nitrogen and oxygen atoms in total. The van der Waals surface area contributed by atoms with Crippen LogP contribution in [0.2, 0.25) is 0 Å². The van der Waals surface area contributed by atoms with Crippen molar-refractivity contribution in [1.29, 1.82) is 0 Å². The first kappa shape index (κ1) is 10.2. The van der Waals surface area contributed by atoms with E-state index in [2.05, 4.69) is 18.6 Å². The van der Waals surface area contributed by atoms with E-state index >= 15 is 0 Å². The molecular weight excluding hydrogens is 150 g/mol. The van der Waals surface area contributed by atoms with Gasteiger partial charge in [-0.2, -0.15) is 0 Å². The van der Waals surface area contributed by atoms with Gasteiger partial charge in [-0.3, -0.25) is 9.11 Å². The monoisotopic (exact) mass is 167 g/mol. The molecule has 0 saturated heterocycles. The lowest BCUT2D eigenvalue weighted by Gasteiger charge is -2.27. The second-order valence-electron chi connectivity index (χ2n) is 2.91. The van der Waals surface area contributed by atoms with Crippen molar-refractivity contribution >= 4 is 10.8 Å². The van der Waals surface area contributed by atoms with Crippen molar-refractivity contribution in [3.05, 3.63) is 0 Å². The lowest BCUT2D eigenvalue weighted by Crippen LogP contribution is -2.20. The predicted octanol–water partition coefficient (Wildman–Crippen LogP) is 1.92. The molecule has 0 aliphatic carbocycles. The van der Waals surface area contributed by atoms with E-state index in [0.717, 1.165) is 6.42 Å². The molecule has 0 atom stereocenters. The second-order valence-corrected chi connectivity index (χ2v) is 4.87. The van der Waals surface area contributed by atoms with E-state index < -0.39 is 10.8 Å². The standard InChI is InChI=1S/C6H17NO2S/c1-6(2)4-5-7-10(3,8)9/h6-9H,4-5H2,1-3H3. The Kier molecular flexibility index (Phi) is 4.28. The van der Waals surface area contributed by atoms with Crippen LogP contribution in [0.3, 0.4) is 0 Å². The second kappa shape index (κ2) is 4.18. The van der Waals surface area contributed by atoms with Crippen molar-refractivity contribution in [1.82, 2.24) is 4.72 Å². The van der Waals surface area contributed by atoms with Crippen molar-refractivity contribution in [2.24, 2.45) is 5.92 Å². The topological polar surface area (TPSA) is 52.5 Å². The predicted molar refractivity (Wildman–Crippen MR) is 46.2 cm³/mol. The van der Waals surface area contributed by atoms with Gasteiger partial charge in [-0.15, -0.1) is 10.8 Å². The average molecular weight is 167 g/mol. The van der Waals surface area contributed by atoms with Gasteiger partial charge >= 0.3 is 0 Å². The summed E-state index contributed by atoms with van der Waals surface area (Å²) in [6, 6.07) is 0. The summed E-state index contributed by atoms with van der Waals surface area (Å²) in [6.07, 6.45) is 2.37. The van der Waals surface area contributed by atoms with Gasteiger partial charge in [0.1, 0.15) is 0 Å². The third-order valence-corrected chi connectivity index (χ3v) is 1.85. The molecule has 64 valence electrons. The highest BCUT2D eigenvalue weighted by molar-refractivity contribution is 8.22. The molecule has 0 fully saturated rings. The molecule has 0 radical (unpaired) electrons. The minimum Gasteiger partial charge on any atom is -0.286 e. The summed E-state index contributed by atoms with van der Waals surface area (Å²) in [7, 11) is -2.47. The SMILES string of the molecule is CC(C)CCNS(C)(O)O. The Morgan fingerprint density at radius 3 is 2.20 bits per heavy atom. The summed E-state index contributed by atoms with van der Waals surface area (Å²) in [6.45, 7) is 4.88. The Morgan fingerprint density at radius 2 is 1.90 bits per heavy atom. The smallest absolute Gasteiger partial charge is 0.0416 e. The van der Waals surface area contributed by atoms with Crippen molar-refractivity contribution in [2.45, 2.75) is 20.3 Å². The van der Waals surface area contributed by atoms with E-state index in [1.54, 1.807) is 0 Å². The Hall–Kier alpha value is 0.230. The lowest BCUT2D eigenvalue weighted by atomic mass is 10.1. The first-order valence-corrected chi connectivity index (χ1v) is 5.35. The van der Waals surface area contributed by atoms with Crippen LogP contribution in [0.25, 0.3) is 0 Å². The normalized spacial score (nSPS) is 14.2. The van der Waals surface area contributed by atoms with Crippen LogP contribution in [0.4, 0.5) is 0 Å². The highest BCUT2D eigenvalue weighted by Gasteiger charge is 2.01. The van der Waals surface area contributed by atoms with Crippen LogP contribution in [-0.2, 0) is 0 Å². The van der Waals surface area contributed by atoms with E-state index in [1.165, 1.54) is 6.26 Å². The molecule has 0 rings (SSSR count). The molecule has 10 heavy (non-hydrogen) atoms. The fraction of sp³-hybridized carbons (Fsp3) is 1.00. The molecule has 3 N–H and O–H groups in total. The van der Waals surface area contributed by atoms with Gasteiger partial charge in [0.15, 0.2) is 0 Å². The van der Waals surface area contributed by atoms with E-state index in [1.807, 2.05) is 0 Å². The van der Waals surface area contributed by atoms with Crippen molar-refractivity contribution < 1.29 is 9.11 Å². The molecule has 0 heterocycles. The Morgan fingerprint density at radius 1 is 1.40 bits per heavy atom. The molecule has 0 bridgehead atoms. The lowest BCUT2D eigenvalue weighted by molar-refractivity contribution is 0.470. The Labute approximate surface area is 64.3 Å². The van der Waals surface area contributed by atoms with Gasteiger partial charge in [0.05, 0.1) is 0 Å². The summed E-state index contributed by atoms with van der Waals surface area (Å²) in [5, 5.41) is 0. The number of nitrogens with one attached hydrogen (secondary N) is 1. The summed E-state index contributed by atoms with van der Waals surface area (Å²) < 4.78 is 20.4. The molecule has 0 aromatic rings. The van der Waals surface area contributed by atoms with Crippen molar-refractivity contribution in [3.8, 4) is 0 Å². The van der Waals surface area contributed by atoms with Crippen molar-refractivity contribution in [2.75, 3.05) is 12.8 Å². The van der Waals surface area contributed by atoms with Gasteiger partial charge in [0, 0.05) is 12.8 Å². The Balaban J connectivity index is 3.21. The molecule has 0 aliphatic rings. The van der Waals surface area contributed by atoms with E-state index in [-0.39, 0.29) is 0 Å². The summed E-state index contributed by atoms with van der Waals surface area (Å²) in [4.78, 5) is 0. The molecule has 0 aromatic carbocycles. The van der Waals surface area contributed by atoms with Gasteiger partial charge in [-0.1, -0.05) is 13.8 Å². The largest absolute Gasteiger partial charge is 0.286 e. The average Bonchev–Trinajstić information content (AvgIpc) is 1.59. The molecule has 0 unspecified atom stereocenters. The summed E-state index contributed by atoms with van der Waals surface area (Å²) >= 11 is 0. The van der Waals surface area contributed by atoms with Crippen LogP contribution in [0, 0.1) is 5.92 Å². The van der Waals surface area contributed by atoms with Crippen LogP contribution in [0.15, 0.2) is 0 Å². The molecule has 0 aliphatic heterocycles. The molecule has 0 spiro atoms. The number of rotatable bonds is 4. The first-order chi connectivity index (χ1) is 4.42. The van der Waals surface area contributed by atoms with Crippen LogP contribution in [0.5, 0.6) is 0 Å². The molecule has 0 aromatic heterocycles. The third-order valence-electron chi connectivity index (χ3n) is 1.10. The zero-order valence-corrected chi connectivity index (χ0v) is 7.61.